The quantitative estimate of drug-likeness (QED) is 0.255. The van der Waals surface area contributed by atoms with Crippen molar-refractivity contribution in [2.24, 2.45) is 23.7 Å². The van der Waals surface area contributed by atoms with Gasteiger partial charge in [0.15, 0.2) is 17.3 Å². The number of benzene rings is 3. The summed E-state index contributed by atoms with van der Waals surface area (Å²) in [7, 11) is 0. The fraction of sp³-hybridized carbons (Fsp3) is 0.366. The monoisotopic (exact) mass is 684 g/mol. The molecule has 0 radical (unpaired) electrons. The van der Waals surface area contributed by atoms with Gasteiger partial charge in [-0.3, -0.25) is 14.4 Å². The van der Waals surface area contributed by atoms with Crippen LogP contribution >= 0.6 is 0 Å². The highest BCUT2D eigenvalue weighted by atomic mass is 16.6. The number of carbonyl (C=O) groups excluding carboxylic acids is 4. The number of rotatable bonds is 2. The Hall–Kier alpha value is -5.06. The summed E-state index contributed by atoms with van der Waals surface area (Å²) in [5, 5.41) is 0. The van der Waals surface area contributed by atoms with E-state index in [4.69, 9.17) is 28.4 Å². The maximum Gasteiger partial charge on any atom is 0.342 e. The van der Waals surface area contributed by atoms with Crippen molar-refractivity contribution in [2.45, 2.75) is 68.4 Å². The van der Waals surface area contributed by atoms with E-state index in [1.165, 1.54) is 22.3 Å². The second-order valence-electron chi connectivity index (χ2n) is 15.0. The topological polar surface area (TPSA) is 124 Å². The third-order valence-electron chi connectivity index (χ3n) is 12.6. The maximum atomic E-state index is 12.5. The van der Waals surface area contributed by atoms with Crippen LogP contribution in [-0.4, -0.2) is 48.3 Å². The summed E-state index contributed by atoms with van der Waals surface area (Å²) in [6.07, 6.45) is 4.20. The first-order valence-corrected chi connectivity index (χ1v) is 17.8. The first kappa shape index (κ1) is 29.6. The Morgan fingerprint density at radius 2 is 1.27 bits per heavy atom. The summed E-state index contributed by atoms with van der Waals surface area (Å²) in [4.78, 5) is 49.5. The van der Waals surface area contributed by atoms with Crippen LogP contribution in [-0.2, 0) is 43.5 Å². The lowest BCUT2D eigenvalue weighted by Crippen LogP contribution is -2.56. The number of hydrogen-bond acceptors (Lipinski definition) is 10. The first-order valence-electron chi connectivity index (χ1n) is 17.8. The van der Waals surface area contributed by atoms with Gasteiger partial charge >= 0.3 is 23.9 Å². The van der Waals surface area contributed by atoms with E-state index in [9.17, 15) is 19.2 Å². The van der Waals surface area contributed by atoms with Gasteiger partial charge in [-0.2, -0.15) is 0 Å². The summed E-state index contributed by atoms with van der Waals surface area (Å²) in [6, 6.07) is 23.3. The van der Waals surface area contributed by atoms with Gasteiger partial charge in [-0.25, -0.2) is 4.79 Å². The molecule has 3 aromatic rings. The molecule has 0 spiro atoms. The highest BCUT2D eigenvalue weighted by Gasteiger charge is 2.58. The van der Waals surface area contributed by atoms with Crippen LogP contribution in [0, 0.1) is 23.7 Å². The van der Waals surface area contributed by atoms with E-state index in [2.05, 4.69) is 60.7 Å². The minimum absolute atomic E-state index is 0.104. The van der Waals surface area contributed by atoms with Crippen LogP contribution in [0.3, 0.4) is 0 Å². The Kier molecular flexibility index (Phi) is 6.10. The molecule has 51 heavy (non-hydrogen) atoms. The predicted molar refractivity (Wildman–Crippen MR) is 176 cm³/mol. The molecule has 0 bridgehead atoms. The number of ether oxygens (including phenoxy) is 6. The largest absolute Gasteiger partial charge is 0.454 e. The van der Waals surface area contributed by atoms with E-state index < -0.39 is 47.0 Å². The summed E-state index contributed by atoms with van der Waals surface area (Å²) in [6.45, 7) is 0. The van der Waals surface area contributed by atoms with Crippen molar-refractivity contribution < 1.29 is 47.6 Å². The lowest BCUT2D eigenvalue weighted by molar-refractivity contribution is -0.252. The average molecular weight is 685 g/mol. The number of esters is 4. The molecule has 8 atom stereocenters. The second-order valence-corrected chi connectivity index (χ2v) is 15.0. The van der Waals surface area contributed by atoms with Crippen molar-refractivity contribution >= 4 is 23.9 Å². The molecule has 10 heteroatoms. The summed E-state index contributed by atoms with van der Waals surface area (Å²) < 4.78 is 36.3. The van der Waals surface area contributed by atoms with E-state index in [0.29, 0.717) is 35.9 Å². The number of allylic oxidation sites excluding steroid dienone is 2. The van der Waals surface area contributed by atoms with E-state index in [1.54, 1.807) is 6.08 Å². The first-order chi connectivity index (χ1) is 24.9. The van der Waals surface area contributed by atoms with Crippen molar-refractivity contribution in [1.82, 2.24) is 0 Å². The summed E-state index contributed by atoms with van der Waals surface area (Å²) in [5.41, 5.74) is 5.57. The van der Waals surface area contributed by atoms with Crippen LogP contribution in [0.5, 0.6) is 11.5 Å². The standard InChI is InChI=1S/C41H32O10/c42-37-23-15-33-35(17-25(23)39(44)50-37)48-31-13-19(9-11-29(31)46-33)41(27-7-3-1-5-21(27)22-6-2-4-8-28(22)41)20-10-12-30-32(14-20)49-36-18-26-24(16-34(36)47-30)38(43)51-40(26)45/h1-9,11,13,17,20,23-24,26,30,32,34,36H,10,12,14-16,18H2. The van der Waals surface area contributed by atoms with Gasteiger partial charge < -0.3 is 28.4 Å². The lowest BCUT2D eigenvalue weighted by Gasteiger charge is -2.51. The molecular formula is C41H32O10. The van der Waals surface area contributed by atoms with Gasteiger partial charge in [0, 0.05) is 11.8 Å². The zero-order chi connectivity index (χ0) is 34.2. The second kappa shape index (κ2) is 10.5. The summed E-state index contributed by atoms with van der Waals surface area (Å²) >= 11 is 0. The van der Waals surface area contributed by atoms with Gasteiger partial charge in [0.25, 0.3) is 0 Å². The van der Waals surface area contributed by atoms with E-state index >= 15 is 0 Å². The molecule has 2 saturated carbocycles. The molecule has 10 nitrogen and oxygen atoms in total. The molecule has 4 aliphatic heterocycles. The smallest absolute Gasteiger partial charge is 0.342 e. The van der Waals surface area contributed by atoms with Crippen LogP contribution in [0.25, 0.3) is 11.1 Å². The van der Waals surface area contributed by atoms with Crippen LogP contribution < -0.4 is 9.47 Å². The Morgan fingerprint density at radius 1 is 0.608 bits per heavy atom. The van der Waals surface area contributed by atoms with E-state index in [0.717, 1.165) is 24.8 Å². The van der Waals surface area contributed by atoms with Crippen molar-refractivity contribution in [3.8, 4) is 22.6 Å². The molecule has 11 rings (SSSR count). The van der Waals surface area contributed by atoms with E-state index in [-0.39, 0.29) is 42.3 Å². The fourth-order valence-corrected chi connectivity index (χ4v) is 10.4. The maximum absolute atomic E-state index is 12.5. The molecule has 8 unspecified atom stereocenters. The zero-order valence-electron chi connectivity index (χ0n) is 27.4. The van der Waals surface area contributed by atoms with Crippen molar-refractivity contribution in [3.63, 3.8) is 0 Å². The van der Waals surface area contributed by atoms with Crippen LogP contribution in [0.1, 0.15) is 55.2 Å². The molecular weight excluding hydrogens is 652 g/mol. The average Bonchev–Trinajstić information content (AvgIpc) is 3.72. The molecule has 5 fully saturated rings. The Labute approximate surface area is 292 Å². The third-order valence-corrected chi connectivity index (χ3v) is 12.6. The van der Waals surface area contributed by atoms with Crippen LogP contribution in [0.4, 0.5) is 0 Å². The van der Waals surface area contributed by atoms with Crippen molar-refractivity contribution in [3.05, 3.63) is 107 Å². The van der Waals surface area contributed by atoms with Gasteiger partial charge in [0.2, 0.25) is 0 Å². The van der Waals surface area contributed by atoms with Crippen LogP contribution in [0.15, 0.2) is 89.9 Å². The molecule has 3 saturated heterocycles. The van der Waals surface area contributed by atoms with Gasteiger partial charge in [0.1, 0.15) is 5.76 Å². The van der Waals surface area contributed by atoms with Crippen LogP contribution in [0.2, 0.25) is 0 Å². The number of cyclic esters (lactones) is 4. The minimum atomic E-state index is -0.684. The SMILES string of the molecule is O=C1OC(=O)C2CC3=C(C=C12)Oc1cc(C2(C4CCC5OC6CC7C(=O)OC(=O)C7CC6OC5C4)c4ccccc4-c4ccccc42)ccc1O3. The van der Waals surface area contributed by atoms with Gasteiger partial charge in [-0.15, -0.1) is 0 Å². The highest BCUT2D eigenvalue weighted by Crippen LogP contribution is 2.61. The number of fused-ring (bicyclic) bond motifs is 8. The molecule has 256 valence electrons. The Bertz CT molecular complexity index is 2130. The molecule has 3 aromatic carbocycles. The molecule has 0 N–H and O–H groups in total. The van der Waals surface area contributed by atoms with E-state index in [1.807, 2.05) is 6.07 Å². The number of carbonyl (C=O) groups is 4. The number of hydrogen-bond donors (Lipinski definition) is 0. The Morgan fingerprint density at radius 3 is 2.00 bits per heavy atom. The normalized spacial score (nSPS) is 33.5. The fourth-order valence-electron chi connectivity index (χ4n) is 10.4. The van der Waals surface area contributed by atoms with Crippen molar-refractivity contribution in [1.29, 1.82) is 0 Å². The van der Waals surface area contributed by atoms with Gasteiger partial charge in [0.05, 0.1) is 47.7 Å². The third kappa shape index (κ3) is 4.06. The molecule has 4 heterocycles. The lowest BCUT2D eigenvalue weighted by atomic mass is 9.59. The highest BCUT2D eigenvalue weighted by molar-refractivity contribution is 6.08. The Balaban J connectivity index is 0.983. The van der Waals surface area contributed by atoms with Gasteiger partial charge in [-0.05, 0) is 84.0 Å². The summed E-state index contributed by atoms with van der Waals surface area (Å²) in [5.74, 6) is -1.62. The molecule has 0 amide bonds. The zero-order valence-corrected chi connectivity index (χ0v) is 27.4. The minimum Gasteiger partial charge on any atom is -0.454 e. The molecule has 4 aliphatic carbocycles. The van der Waals surface area contributed by atoms with Gasteiger partial charge in [-0.1, -0.05) is 54.6 Å². The van der Waals surface area contributed by atoms with Crippen molar-refractivity contribution in [2.75, 3.05) is 0 Å². The molecule has 8 aliphatic rings. The molecule has 0 aromatic heterocycles. The predicted octanol–water partition coefficient (Wildman–Crippen LogP) is 5.44.